The van der Waals surface area contributed by atoms with Crippen molar-refractivity contribution in [3.05, 3.63) is 81.3 Å². The molecule has 0 radical (unpaired) electrons. The Morgan fingerprint density at radius 3 is 2.67 bits per heavy atom. The number of hydrogen-bond donors (Lipinski definition) is 4. The van der Waals surface area contributed by atoms with Crippen LogP contribution in [0.15, 0.2) is 69.9 Å². The molecule has 45 heavy (non-hydrogen) atoms. The molecular formula is C31H31ClN8O3S2. The minimum Gasteiger partial charge on any atom is -0.490 e. The minimum absolute atomic E-state index is 0.0468. The van der Waals surface area contributed by atoms with E-state index in [-0.39, 0.29) is 25.1 Å². The number of carbonyl (C=O) groups is 1. The predicted octanol–water partition coefficient (Wildman–Crippen LogP) is 6.30. The van der Waals surface area contributed by atoms with Gasteiger partial charge in [-0.25, -0.2) is 4.98 Å². The van der Waals surface area contributed by atoms with Gasteiger partial charge in [-0.2, -0.15) is 10.8 Å². The molecule has 0 aliphatic carbocycles. The number of anilines is 1. The van der Waals surface area contributed by atoms with Gasteiger partial charge < -0.3 is 25.1 Å². The summed E-state index contributed by atoms with van der Waals surface area (Å²) in [6.45, 7) is 1.71. The number of rotatable bonds is 14. The van der Waals surface area contributed by atoms with Crippen LogP contribution in [-0.2, 0) is 9.53 Å². The number of thioether (sulfide) groups is 2. The SMILES string of the molecule is N#Cc1c(SCC2=CSC(c3ccc(Cl)cc3)N2)nc(N2CCCC2)c(C=N)c1-c1ccc(OCCOC(=O)CNN=N)cc1. The topological polar surface area (TPSA) is 160 Å². The van der Waals surface area contributed by atoms with E-state index in [0.29, 0.717) is 38.2 Å². The minimum atomic E-state index is -0.534. The first kappa shape index (κ1) is 32.2. The monoisotopic (exact) mass is 662 g/mol. The number of nitriles is 1. The molecule has 1 unspecified atom stereocenters. The average molecular weight is 663 g/mol. The maximum atomic E-state index is 11.5. The van der Waals surface area contributed by atoms with Crippen molar-refractivity contribution in [3.63, 3.8) is 0 Å². The van der Waals surface area contributed by atoms with E-state index in [1.807, 2.05) is 36.4 Å². The van der Waals surface area contributed by atoms with Gasteiger partial charge in [0, 0.05) is 46.9 Å². The average Bonchev–Trinajstić information content (AvgIpc) is 3.78. The van der Waals surface area contributed by atoms with E-state index in [1.54, 1.807) is 23.9 Å². The van der Waals surface area contributed by atoms with Crippen LogP contribution in [0.3, 0.4) is 0 Å². The van der Waals surface area contributed by atoms with Gasteiger partial charge in [-0.1, -0.05) is 52.9 Å². The summed E-state index contributed by atoms with van der Waals surface area (Å²) in [6, 6.07) is 17.5. The molecular weight excluding hydrogens is 632 g/mol. The third kappa shape index (κ3) is 8.08. The third-order valence-corrected chi connectivity index (χ3v) is 9.46. The number of nitrogens with zero attached hydrogens (tertiary/aromatic N) is 4. The summed E-state index contributed by atoms with van der Waals surface area (Å²) < 4.78 is 10.7. The van der Waals surface area contributed by atoms with Gasteiger partial charge in [-0.15, -0.1) is 11.8 Å². The summed E-state index contributed by atoms with van der Waals surface area (Å²) in [5, 5.41) is 28.7. The van der Waals surface area contributed by atoms with Crippen molar-refractivity contribution in [2.24, 2.45) is 5.22 Å². The van der Waals surface area contributed by atoms with Crippen LogP contribution in [0.25, 0.3) is 11.1 Å². The molecule has 5 rings (SSSR count). The summed E-state index contributed by atoms with van der Waals surface area (Å²) >= 11 is 9.26. The second-order valence-electron chi connectivity index (χ2n) is 10.0. The Morgan fingerprint density at radius 1 is 1.22 bits per heavy atom. The zero-order valence-corrected chi connectivity index (χ0v) is 26.6. The maximum Gasteiger partial charge on any atom is 0.327 e. The van der Waals surface area contributed by atoms with Crippen molar-refractivity contribution in [2.45, 2.75) is 23.2 Å². The lowest BCUT2D eigenvalue weighted by molar-refractivity contribution is -0.143. The molecule has 1 fully saturated rings. The van der Waals surface area contributed by atoms with Crippen LogP contribution in [0.1, 0.15) is 34.9 Å². The summed E-state index contributed by atoms with van der Waals surface area (Å²) in [6.07, 6.45) is 3.39. The molecule has 3 aromatic rings. The Labute approximate surface area is 274 Å². The first-order chi connectivity index (χ1) is 22.0. The molecule has 0 saturated carbocycles. The highest BCUT2D eigenvalue weighted by molar-refractivity contribution is 8.02. The Morgan fingerprint density at radius 2 is 1.98 bits per heavy atom. The molecule has 2 aliphatic rings. The van der Waals surface area contributed by atoms with E-state index in [2.05, 4.69) is 32.3 Å². The first-order valence-electron chi connectivity index (χ1n) is 14.2. The summed E-state index contributed by atoms with van der Waals surface area (Å²) in [5.41, 5.74) is 13.5. The van der Waals surface area contributed by atoms with Crippen LogP contribution in [0.5, 0.6) is 5.75 Å². The number of aromatic nitrogens is 1. The molecule has 2 aromatic carbocycles. The fourth-order valence-electron chi connectivity index (χ4n) is 4.98. The number of pyridine rings is 1. The molecule has 14 heteroatoms. The molecule has 1 atom stereocenters. The van der Waals surface area contributed by atoms with E-state index in [9.17, 15) is 10.1 Å². The molecule has 0 spiro atoms. The van der Waals surface area contributed by atoms with Crippen molar-refractivity contribution >= 4 is 53.1 Å². The van der Waals surface area contributed by atoms with Crippen LogP contribution in [-0.4, -0.2) is 55.8 Å². The Balaban J connectivity index is 1.35. The van der Waals surface area contributed by atoms with E-state index in [4.69, 9.17) is 37.0 Å². The molecule has 11 nitrogen and oxygen atoms in total. The van der Waals surface area contributed by atoms with Crippen LogP contribution >= 0.6 is 35.1 Å². The summed E-state index contributed by atoms with van der Waals surface area (Å²) in [4.78, 5) is 18.7. The largest absolute Gasteiger partial charge is 0.490 e. The van der Waals surface area contributed by atoms with Gasteiger partial charge in [0.05, 0.1) is 5.56 Å². The highest BCUT2D eigenvalue weighted by atomic mass is 35.5. The number of ether oxygens (including phenoxy) is 2. The fraction of sp³-hybridized carbons (Fsp3) is 0.290. The Bertz CT molecular complexity index is 1610. The number of benzene rings is 2. The smallest absolute Gasteiger partial charge is 0.327 e. The van der Waals surface area contributed by atoms with E-state index in [0.717, 1.165) is 48.6 Å². The zero-order valence-electron chi connectivity index (χ0n) is 24.2. The number of nitrogens with one attached hydrogen (secondary N) is 4. The van der Waals surface area contributed by atoms with Crippen molar-refractivity contribution in [3.8, 4) is 22.9 Å². The molecule has 1 saturated heterocycles. The second-order valence-corrected chi connectivity index (χ2v) is 12.4. The van der Waals surface area contributed by atoms with E-state index < -0.39 is 5.97 Å². The quantitative estimate of drug-likeness (QED) is 0.0385. The van der Waals surface area contributed by atoms with Gasteiger partial charge in [0.1, 0.15) is 47.8 Å². The van der Waals surface area contributed by atoms with Gasteiger partial charge in [0.15, 0.2) is 0 Å². The summed E-state index contributed by atoms with van der Waals surface area (Å²) in [5.74, 6) is 1.36. The summed E-state index contributed by atoms with van der Waals surface area (Å²) in [7, 11) is 0. The van der Waals surface area contributed by atoms with E-state index in [1.165, 1.54) is 18.0 Å². The first-order valence-corrected chi connectivity index (χ1v) is 16.5. The van der Waals surface area contributed by atoms with E-state index >= 15 is 0 Å². The predicted molar refractivity (Wildman–Crippen MR) is 177 cm³/mol. The lowest BCUT2D eigenvalue weighted by Crippen LogP contribution is -2.22. The van der Waals surface area contributed by atoms with Gasteiger partial charge in [-0.3, -0.25) is 10.2 Å². The molecule has 2 aliphatic heterocycles. The highest BCUT2D eigenvalue weighted by Crippen LogP contribution is 2.41. The lowest BCUT2D eigenvalue weighted by atomic mass is 9.96. The lowest BCUT2D eigenvalue weighted by Gasteiger charge is -2.23. The second kappa shape index (κ2) is 15.7. The molecule has 3 heterocycles. The van der Waals surface area contributed by atoms with Crippen LogP contribution < -0.4 is 20.4 Å². The Kier molecular flexibility index (Phi) is 11.2. The number of carbonyl (C=O) groups excluding carboxylic acids is 1. The van der Waals surface area contributed by atoms with Gasteiger partial charge in [0.25, 0.3) is 0 Å². The number of esters is 1. The molecule has 4 N–H and O–H groups in total. The molecule has 0 amide bonds. The Hall–Kier alpha value is -4.25. The van der Waals surface area contributed by atoms with Crippen molar-refractivity contribution in [2.75, 3.05) is 43.5 Å². The molecule has 0 bridgehead atoms. The van der Waals surface area contributed by atoms with Gasteiger partial charge in [-0.05, 0) is 53.6 Å². The number of halogens is 1. The number of hydrogen-bond acceptors (Lipinski definition) is 12. The molecule has 232 valence electrons. The molecule has 1 aromatic heterocycles. The standard InChI is InChI=1S/C31H31ClN8O3S2/c32-22-7-3-21(4-8-22)30-37-23(18-44-30)19-45-31-26(16-34)28(25(15-33)29(38-31)40-11-1-2-12-40)20-5-9-24(10-6-20)42-13-14-43-27(41)17-36-39-35/h3-10,15,18,30,33,37H,1-2,11-14,17,19H2,(H2,35,36). The van der Waals surface area contributed by atoms with Crippen molar-refractivity contribution in [1.82, 2.24) is 15.7 Å². The zero-order chi connectivity index (χ0) is 31.6. The third-order valence-electron chi connectivity index (χ3n) is 7.10. The maximum absolute atomic E-state index is 11.5. The van der Waals surface area contributed by atoms with Crippen molar-refractivity contribution in [1.29, 1.82) is 16.2 Å². The van der Waals surface area contributed by atoms with Crippen LogP contribution in [0.2, 0.25) is 5.02 Å². The normalized spacial score (nSPS) is 15.5. The van der Waals surface area contributed by atoms with Crippen molar-refractivity contribution < 1.29 is 14.3 Å². The highest BCUT2D eigenvalue weighted by Gasteiger charge is 2.26. The fourth-order valence-corrected chi connectivity index (χ4v) is 7.10. The van der Waals surface area contributed by atoms with Crippen LogP contribution in [0, 0.1) is 22.3 Å². The van der Waals surface area contributed by atoms with Crippen LogP contribution in [0.4, 0.5) is 5.82 Å². The van der Waals surface area contributed by atoms with Gasteiger partial charge >= 0.3 is 5.97 Å². The van der Waals surface area contributed by atoms with Gasteiger partial charge in [0.2, 0.25) is 0 Å².